The Bertz CT molecular complexity index is 983. The third kappa shape index (κ3) is 4.92. The molecular weight excluding hydrogens is 455 g/mol. The molecule has 2 amide bonds. The van der Waals surface area contributed by atoms with E-state index in [1.807, 2.05) is 12.1 Å². The van der Waals surface area contributed by atoms with Crippen molar-refractivity contribution >= 4 is 18.0 Å². The summed E-state index contributed by atoms with van der Waals surface area (Å²) in [4.78, 5) is 20.3. The van der Waals surface area contributed by atoms with Crippen molar-refractivity contribution in [3.05, 3.63) is 53.8 Å². The molecule has 33 heavy (non-hydrogen) atoms. The summed E-state index contributed by atoms with van der Waals surface area (Å²) in [5.41, 5.74) is 1.43. The summed E-state index contributed by atoms with van der Waals surface area (Å²) >= 11 is 0.834. The van der Waals surface area contributed by atoms with E-state index in [0.717, 1.165) is 11.9 Å². The van der Waals surface area contributed by atoms with Crippen molar-refractivity contribution in [3.8, 4) is 16.9 Å². The van der Waals surface area contributed by atoms with Crippen LogP contribution in [0.3, 0.4) is 0 Å². The molecule has 3 unspecified atom stereocenters. The molecule has 4 rings (SSSR count). The normalized spacial score (nSPS) is 23.2. The first-order valence-electron chi connectivity index (χ1n) is 10.7. The lowest BCUT2D eigenvalue weighted by Crippen LogP contribution is -2.50. The van der Waals surface area contributed by atoms with Gasteiger partial charge in [0.25, 0.3) is 0 Å². The van der Waals surface area contributed by atoms with Crippen molar-refractivity contribution in [3.63, 3.8) is 0 Å². The molecule has 1 fully saturated rings. The van der Waals surface area contributed by atoms with Gasteiger partial charge < -0.3 is 14.5 Å². The summed E-state index contributed by atoms with van der Waals surface area (Å²) < 4.78 is 50.4. The Morgan fingerprint density at radius 2 is 2.00 bits per heavy atom. The van der Waals surface area contributed by atoms with Crippen LogP contribution in [0.1, 0.15) is 5.56 Å². The molecule has 0 radical (unpaired) electrons. The van der Waals surface area contributed by atoms with Gasteiger partial charge >= 0.3 is 6.03 Å². The smallest absolute Gasteiger partial charge is 0.320 e. The molecule has 6 nitrogen and oxygen atoms in total. The third-order valence-electron chi connectivity index (χ3n) is 6.25. The predicted molar refractivity (Wildman–Crippen MR) is 121 cm³/mol. The van der Waals surface area contributed by atoms with Gasteiger partial charge in [0, 0.05) is 36.7 Å². The monoisotopic (exact) mass is 481 g/mol. The quantitative estimate of drug-likeness (QED) is 0.649. The van der Waals surface area contributed by atoms with Crippen molar-refractivity contribution in [2.45, 2.75) is 18.5 Å². The number of rotatable bonds is 5. The van der Waals surface area contributed by atoms with Gasteiger partial charge in [-0.25, -0.2) is 13.6 Å². The number of para-hydroxylation sites is 1. The number of ether oxygens (including phenoxy) is 1. The summed E-state index contributed by atoms with van der Waals surface area (Å²) in [5, 5.41) is 0. The zero-order chi connectivity index (χ0) is 23.4. The first-order valence-corrected chi connectivity index (χ1v) is 11.7. The van der Waals surface area contributed by atoms with Gasteiger partial charge in [-0.05, 0) is 34.5 Å². The molecule has 1 saturated heterocycles. The highest BCUT2D eigenvalue weighted by atomic mass is 32.2. The molecule has 2 aliphatic rings. The van der Waals surface area contributed by atoms with Gasteiger partial charge in [-0.3, -0.25) is 4.72 Å². The highest BCUT2D eigenvalue weighted by Gasteiger charge is 2.45. The number of alkyl halides is 1. The number of nitrogens with zero attached hydrogens (tertiary/aromatic N) is 2. The summed E-state index contributed by atoms with van der Waals surface area (Å²) in [6.45, 7) is 0.464. The van der Waals surface area contributed by atoms with Crippen LogP contribution in [0.2, 0.25) is 0 Å². The fourth-order valence-electron chi connectivity index (χ4n) is 4.60. The van der Waals surface area contributed by atoms with E-state index in [9.17, 15) is 13.7 Å². The first-order chi connectivity index (χ1) is 16.0. The molecule has 3 atom stereocenters. The highest BCUT2D eigenvalue weighted by Crippen LogP contribution is 2.35. The number of likely N-dealkylation sites (N-methyl/N-ethyl adjacent to an activating group) is 1. The van der Waals surface area contributed by atoms with Crippen LogP contribution < -0.4 is 9.46 Å². The molecule has 2 heterocycles. The van der Waals surface area contributed by atoms with Gasteiger partial charge in [-0.15, -0.1) is 0 Å². The molecule has 2 bridgehead atoms. The van der Waals surface area contributed by atoms with Crippen LogP contribution in [0.25, 0.3) is 11.1 Å². The number of amides is 2. The Morgan fingerprint density at radius 3 is 2.79 bits per heavy atom. The summed E-state index contributed by atoms with van der Waals surface area (Å²) in [5.74, 6) is -0.295. The largest absolute Gasteiger partial charge is 0.491 e. The minimum Gasteiger partial charge on any atom is -0.491 e. The van der Waals surface area contributed by atoms with E-state index in [2.05, 4.69) is 9.66 Å². The Labute approximate surface area is 195 Å². The second-order valence-corrected chi connectivity index (χ2v) is 8.93. The summed E-state index contributed by atoms with van der Waals surface area (Å²) in [7, 11) is 1.66. The van der Waals surface area contributed by atoms with Crippen LogP contribution in [0.4, 0.5) is 18.1 Å². The zero-order valence-corrected chi connectivity index (χ0v) is 19.0. The zero-order valence-electron chi connectivity index (χ0n) is 18.2. The van der Waals surface area contributed by atoms with E-state index >= 15 is 4.39 Å². The van der Waals surface area contributed by atoms with Crippen molar-refractivity contribution in [1.82, 2.24) is 14.5 Å². The lowest BCUT2D eigenvalue weighted by molar-refractivity contribution is -0.145. The van der Waals surface area contributed by atoms with Crippen molar-refractivity contribution in [1.29, 1.82) is 0 Å². The van der Waals surface area contributed by atoms with Crippen LogP contribution in [0.5, 0.6) is 5.75 Å². The van der Waals surface area contributed by atoms with Crippen molar-refractivity contribution in [2.75, 3.05) is 39.4 Å². The maximum absolute atomic E-state index is 15.7. The number of hydrogen-bond donors (Lipinski definition) is 1. The topological polar surface area (TPSA) is 54.0 Å². The van der Waals surface area contributed by atoms with Crippen molar-refractivity contribution in [2.24, 2.45) is 5.92 Å². The number of hydrogen-bond acceptors (Lipinski definition) is 5. The molecule has 2 aliphatic heterocycles. The van der Waals surface area contributed by atoms with Crippen LogP contribution in [0, 0.1) is 11.7 Å². The van der Waals surface area contributed by atoms with E-state index in [0.29, 0.717) is 29.0 Å². The molecule has 2 aromatic rings. The fraction of sp³-hybridized carbons (Fsp3) is 0.435. The SMILES string of the molecule is CN1CCOc2ccccc2-c2cccc(c2F)CC2C(NSCF)C(COF)CN2C1=O. The Balaban J connectivity index is 1.78. The first kappa shape index (κ1) is 23.7. The third-order valence-corrected chi connectivity index (χ3v) is 6.79. The lowest BCUT2D eigenvalue weighted by atomic mass is 9.93. The van der Waals surface area contributed by atoms with Gasteiger partial charge in [-0.1, -0.05) is 36.4 Å². The molecule has 0 aliphatic carbocycles. The van der Waals surface area contributed by atoms with Crippen LogP contribution in [-0.4, -0.2) is 67.3 Å². The van der Waals surface area contributed by atoms with E-state index < -0.39 is 29.8 Å². The van der Waals surface area contributed by atoms with E-state index in [4.69, 9.17) is 4.74 Å². The maximum Gasteiger partial charge on any atom is 0.320 e. The summed E-state index contributed by atoms with van der Waals surface area (Å²) in [6.07, 6.45) is 0.176. The average Bonchev–Trinajstić information content (AvgIpc) is 3.15. The number of carbonyl (C=O) groups is 1. The van der Waals surface area contributed by atoms with E-state index in [1.165, 1.54) is 4.90 Å². The van der Waals surface area contributed by atoms with Gasteiger partial charge in [0.1, 0.15) is 24.2 Å². The number of nitrogens with one attached hydrogen (secondary N) is 1. The molecule has 0 aromatic heterocycles. The van der Waals surface area contributed by atoms with Crippen molar-refractivity contribution < 1.29 is 27.8 Å². The minimum absolute atomic E-state index is 0.176. The number of fused-ring (bicyclic) bond motifs is 5. The number of carbonyl (C=O) groups excluding carboxylic acids is 1. The summed E-state index contributed by atoms with van der Waals surface area (Å²) in [6, 6.07) is 10.3. The average molecular weight is 482 g/mol. The maximum atomic E-state index is 15.7. The minimum atomic E-state index is -0.696. The molecular formula is C23H26F3N3O3S. The van der Waals surface area contributed by atoms with Crippen LogP contribution in [-0.2, 0) is 11.4 Å². The standard InChI is InChI=1S/C23H26F3N3O3S/c1-28-9-10-31-20-8-3-2-6-17(20)18-7-4-5-15(21(18)25)11-19-22(27-33-14-24)16(13-32-26)12-29(19)23(28)30/h2-8,16,19,22,27H,9-14H2,1H3. The fourth-order valence-corrected chi connectivity index (χ4v) is 5.20. The second kappa shape index (κ2) is 10.7. The van der Waals surface area contributed by atoms with E-state index in [-0.39, 0.29) is 32.2 Å². The van der Waals surface area contributed by atoms with Gasteiger partial charge in [0.15, 0.2) is 0 Å². The molecule has 178 valence electrons. The molecule has 1 N–H and O–H groups in total. The molecule has 0 saturated carbocycles. The highest BCUT2D eigenvalue weighted by molar-refractivity contribution is 7.97. The predicted octanol–water partition coefficient (Wildman–Crippen LogP) is 4.21. The van der Waals surface area contributed by atoms with Gasteiger partial charge in [0.05, 0.1) is 19.2 Å². The van der Waals surface area contributed by atoms with Crippen LogP contribution in [0.15, 0.2) is 42.5 Å². The Morgan fingerprint density at radius 1 is 1.21 bits per heavy atom. The number of halogens is 3. The Hall–Kier alpha value is -2.43. The molecule has 0 spiro atoms. The Kier molecular flexibility index (Phi) is 7.67. The number of benzene rings is 2. The van der Waals surface area contributed by atoms with Gasteiger partial charge in [0.2, 0.25) is 0 Å². The van der Waals surface area contributed by atoms with E-state index in [1.54, 1.807) is 42.3 Å². The van der Waals surface area contributed by atoms with Crippen LogP contribution >= 0.6 is 11.9 Å². The number of urea groups is 1. The second-order valence-electron chi connectivity index (χ2n) is 8.18. The van der Waals surface area contributed by atoms with Gasteiger partial charge in [-0.2, -0.15) is 4.94 Å². The molecule has 10 heteroatoms. The molecule has 2 aromatic carbocycles. The lowest BCUT2D eigenvalue weighted by Gasteiger charge is -2.32.